The molecule has 0 aliphatic carbocycles. The van der Waals surface area contributed by atoms with E-state index in [1.54, 1.807) is 11.8 Å². The Labute approximate surface area is 125 Å². The van der Waals surface area contributed by atoms with Gasteiger partial charge in [0.05, 0.1) is 5.41 Å². The summed E-state index contributed by atoms with van der Waals surface area (Å²) in [5.41, 5.74) is -0.804. The van der Waals surface area contributed by atoms with Gasteiger partial charge in [-0.15, -0.1) is 0 Å². The number of nitrogens with zero attached hydrogens (tertiary/aromatic N) is 1. The van der Waals surface area contributed by atoms with Crippen molar-refractivity contribution >= 4 is 12.0 Å². The van der Waals surface area contributed by atoms with Gasteiger partial charge in [-0.1, -0.05) is 0 Å². The number of carbonyl (C=O) groups excluding carboxylic acids is 1. The van der Waals surface area contributed by atoms with E-state index in [1.807, 2.05) is 6.92 Å². The molecular weight excluding hydrogens is 272 g/mol. The fourth-order valence-electron chi connectivity index (χ4n) is 3.15. The summed E-state index contributed by atoms with van der Waals surface area (Å²) in [5, 5.41) is 12.2. The van der Waals surface area contributed by atoms with E-state index in [4.69, 9.17) is 4.74 Å². The number of carboxylic acids is 1. The molecule has 21 heavy (non-hydrogen) atoms. The average molecular weight is 298 g/mol. The fraction of sp³-hybridized carbons (Fsp3) is 0.867. The molecule has 0 bridgehead atoms. The number of rotatable bonds is 4. The number of ether oxygens (including phenoxy) is 1. The van der Waals surface area contributed by atoms with Gasteiger partial charge >= 0.3 is 12.0 Å². The SMILES string of the molecule is CC(CC1CCOCC1)NC(=O)N1CCC(C)(C(=O)O)C1. The minimum absolute atomic E-state index is 0.109. The Morgan fingerprint density at radius 1 is 1.43 bits per heavy atom. The number of hydrogen-bond donors (Lipinski definition) is 2. The maximum Gasteiger partial charge on any atom is 0.317 e. The van der Waals surface area contributed by atoms with Crippen LogP contribution in [-0.2, 0) is 9.53 Å². The number of nitrogens with one attached hydrogen (secondary N) is 1. The van der Waals surface area contributed by atoms with Gasteiger partial charge in [0, 0.05) is 32.3 Å². The van der Waals surface area contributed by atoms with Crippen molar-refractivity contribution in [2.45, 2.75) is 45.6 Å². The number of amides is 2. The van der Waals surface area contributed by atoms with Gasteiger partial charge in [0.15, 0.2) is 0 Å². The third-order valence-electron chi connectivity index (χ3n) is 4.67. The standard InChI is InChI=1S/C15H26N2O4/c1-11(9-12-3-7-21-8-4-12)16-14(20)17-6-5-15(2,10-17)13(18)19/h11-12H,3-10H2,1-2H3,(H,16,20)(H,18,19). The molecule has 2 fully saturated rings. The van der Waals surface area contributed by atoms with Crippen molar-refractivity contribution in [3.8, 4) is 0 Å². The van der Waals surface area contributed by atoms with E-state index < -0.39 is 11.4 Å². The van der Waals surface area contributed by atoms with Crippen LogP contribution < -0.4 is 5.32 Å². The van der Waals surface area contributed by atoms with Crippen molar-refractivity contribution in [1.82, 2.24) is 10.2 Å². The molecule has 0 saturated carbocycles. The smallest absolute Gasteiger partial charge is 0.317 e. The Bertz CT molecular complexity index is 395. The first kappa shape index (κ1) is 16.1. The first-order valence-corrected chi connectivity index (χ1v) is 7.77. The Kier molecular flexibility index (Phi) is 5.08. The Balaban J connectivity index is 1.77. The molecular formula is C15H26N2O4. The lowest BCUT2D eigenvalue weighted by molar-refractivity contribution is -0.146. The molecule has 2 rings (SSSR count). The zero-order valence-corrected chi connectivity index (χ0v) is 12.9. The molecule has 2 aliphatic rings. The largest absolute Gasteiger partial charge is 0.481 e. The topological polar surface area (TPSA) is 78.9 Å². The molecule has 0 aromatic carbocycles. The van der Waals surface area contributed by atoms with Gasteiger partial charge in [0.2, 0.25) is 0 Å². The molecule has 2 unspecified atom stereocenters. The van der Waals surface area contributed by atoms with Crippen molar-refractivity contribution in [2.75, 3.05) is 26.3 Å². The van der Waals surface area contributed by atoms with Crippen molar-refractivity contribution in [3.05, 3.63) is 0 Å². The first-order chi connectivity index (χ1) is 9.90. The van der Waals surface area contributed by atoms with Crippen molar-refractivity contribution in [2.24, 2.45) is 11.3 Å². The number of likely N-dealkylation sites (tertiary alicyclic amines) is 1. The van der Waals surface area contributed by atoms with Crippen LogP contribution in [-0.4, -0.2) is 54.4 Å². The highest BCUT2D eigenvalue weighted by Gasteiger charge is 2.42. The molecule has 2 heterocycles. The number of hydrogen-bond acceptors (Lipinski definition) is 3. The van der Waals surface area contributed by atoms with E-state index in [0.717, 1.165) is 32.5 Å². The number of aliphatic carboxylic acids is 1. The summed E-state index contributed by atoms with van der Waals surface area (Å²) in [6.45, 7) is 6.15. The molecule has 120 valence electrons. The van der Waals surface area contributed by atoms with E-state index >= 15 is 0 Å². The van der Waals surface area contributed by atoms with Gasteiger partial charge in [0.25, 0.3) is 0 Å². The average Bonchev–Trinajstić information content (AvgIpc) is 2.84. The van der Waals surface area contributed by atoms with E-state index in [1.165, 1.54) is 0 Å². The summed E-state index contributed by atoms with van der Waals surface area (Å²) in [7, 11) is 0. The Morgan fingerprint density at radius 2 is 2.10 bits per heavy atom. The van der Waals surface area contributed by atoms with Crippen LogP contribution in [0.4, 0.5) is 4.79 Å². The second kappa shape index (κ2) is 6.64. The molecule has 0 aromatic rings. The highest BCUT2D eigenvalue weighted by molar-refractivity contribution is 5.79. The van der Waals surface area contributed by atoms with Crippen LogP contribution in [0.5, 0.6) is 0 Å². The third-order valence-corrected chi connectivity index (χ3v) is 4.67. The first-order valence-electron chi connectivity index (χ1n) is 7.77. The zero-order valence-electron chi connectivity index (χ0n) is 12.9. The summed E-state index contributed by atoms with van der Waals surface area (Å²) in [6, 6.07) is -0.0307. The lowest BCUT2D eigenvalue weighted by atomic mass is 9.90. The van der Waals surface area contributed by atoms with Crippen LogP contribution in [0, 0.1) is 11.3 Å². The zero-order chi connectivity index (χ0) is 15.5. The lowest BCUT2D eigenvalue weighted by Crippen LogP contribution is -2.45. The van der Waals surface area contributed by atoms with Crippen molar-refractivity contribution < 1.29 is 19.4 Å². The molecule has 2 aliphatic heterocycles. The summed E-state index contributed by atoms with van der Waals surface area (Å²) < 4.78 is 5.34. The molecule has 0 radical (unpaired) electrons. The molecule has 6 nitrogen and oxygen atoms in total. The summed E-state index contributed by atoms with van der Waals surface area (Å²) >= 11 is 0. The highest BCUT2D eigenvalue weighted by Crippen LogP contribution is 2.30. The van der Waals surface area contributed by atoms with Crippen molar-refractivity contribution in [1.29, 1.82) is 0 Å². The minimum Gasteiger partial charge on any atom is -0.481 e. The second-order valence-electron chi connectivity index (χ2n) is 6.68. The third kappa shape index (κ3) is 4.09. The summed E-state index contributed by atoms with van der Waals surface area (Å²) in [6.07, 6.45) is 3.59. The van der Waals surface area contributed by atoms with E-state index in [2.05, 4.69) is 5.32 Å². The van der Waals surface area contributed by atoms with Gasteiger partial charge in [-0.3, -0.25) is 4.79 Å². The predicted molar refractivity (Wildman–Crippen MR) is 78.1 cm³/mol. The maximum atomic E-state index is 12.2. The van der Waals surface area contributed by atoms with Crippen LogP contribution in [0.2, 0.25) is 0 Å². The van der Waals surface area contributed by atoms with Gasteiger partial charge in [0.1, 0.15) is 0 Å². The normalized spacial score (nSPS) is 28.4. The molecule has 0 spiro atoms. The monoisotopic (exact) mass is 298 g/mol. The molecule has 2 N–H and O–H groups in total. The number of carbonyl (C=O) groups is 2. The molecule has 2 amide bonds. The van der Waals surface area contributed by atoms with Crippen LogP contribution in [0.25, 0.3) is 0 Å². The van der Waals surface area contributed by atoms with Gasteiger partial charge in [-0.05, 0) is 45.4 Å². The maximum absolute atomic E-state index is 12.2. The summed E-state index contributed by atoms with van der Waals surface area (Å²) in [5.74, 6) is -0.218. The fourth-order valence-corrected chi connectivity index (χ4v) is 3.15. The lowest BCUT2D eigenvalue weighted by Gasteiger charge is -2.27. The number of carboxylic acid groups (broad SMARTS) is 1. The summed E-state index contributed by atoms with van der Waals surface area (Å²) in [4.78, 5) is 25.0. The van der Waals surface area contributed by atoms with Crippen LogP contribution in [0.1, 0.15) is 39.5 Å². The van der Waals surface area contributed by atoms with Crippen LogP contribution >= 0.6 is 0 Å². The molecule has 2 atom stereocenters. The molecule has 6 heteroatoms. The Morgan fingerprint density at radius 3 is 2.67 bits per heavy atom. The molecule has 2 saturated heterocycles. The predicted octanol–water partition coefficient (Wildman–Crippen LogP) is 1.70. The quantitative estimate of drug-likeness (QED) is 0.828. The van der Waals surface area contributed by atoms with Crippen molar-refractivity contribution in [3.63, 3.8) is 0 Å². The number of urea groups is 1. The molecule has 0 aromatic heterocycles. The van der Waals surface area contributed by atoms with E-state index in [9.17, 15) is 14.7 Å². The van der Waals surface area contributed by atoms with E-state index in [-0.39, 0.29) is 18.6 Å². The van der Waals surface area contributed by atoms with Gasteiger partial charge in [-0.2, -0.15) is 0 Å². The van der Waals surface area contributed by atoms with Crippen LogP contribution in [0.15, 0.2) is 0 Å². The van der Waals surface area contributed by atoms with Crippen LogP contribution in [0.3, 0.4) is 0 Å². The van der Waals surface area contributed by atoms with Gasteiger partial charge < -0.3 is 20.1 Å². The highest BCUT2D eigenvalue weighted by atomic mass is 16.5. The van der Waals surface area contributed by atoms with E-state index in [0.29, 0.717) is 18.9 Å². The van der Waals surface area contributed by atoms with Gasteiger partial charge in [-0.25, -0.2) is 4.79 Å². The Hall–Kier alpha value is -1.30. The minimum atomic E-state index is -0.826. The second-order valence-corrected chi connectivity index (χ2v) is 6.68.